The van der Waals surface area contributed by atoms with Crippen LogP contribution >= 0.6 is 28.3 Å². The van der Waals surface area contributed by atoms with E-state index >= 15 is 0 Å². The van der Waals surface area contributed by atoms with E-state index in [9.17, 15) is 9.59 Å². The zero-order chi connectivity index (χ0) is 15.1. The first-order chi connectivity index (χ1) is 10.2. The van der Waals surface area contributed by atoms with Crippen molar-refractivity contribution in [2.24, 2.45) is 0 Å². The summed E-state index contributed by atoms with van der Waals surface area (Å²) in [5.74, 6) is -0.261. The standard InChI is InChI=1S/C14H18BrN3O3.ClH/c15-11-3-1-10(2-4-11)13(19)17-5-6-18-14(20)12-9-21-8-7-16-12;/h1-4,12,16H,5-9H2,(H,17,19)(H,18,20);1H. The highest BCUT2D eigenvalue weighted by Crippen LogP contribution is 2.10. The Bertz CT molecular complexity index is 493. The van der Waals surface area contributed by atoms with Gasteiger partial charge in [0.1, 0.15) is 6.04 Å². The molecule has 1 aromatic rings. The van der Waals surface area contributed by atoms with Crippen molar-refractivity contribution in [3.63, 3.8) is 0 Å². The molecule has 22 heavy (non-hydrogen) atoms. The predicted octanol–water partition coefficient (Wildman–Crippen LogP) is 0.705. The zero-order valence-electron chi connectivity index (χ0n) is 11.9. The second-order valence-electron chi connectivity index (χ2n) is 4.64. The Labute approximate surface area is 143 Å². The molecular formula is C14H19BrClN3O3. The first-order valence-electron chi connectivity index (χ1n) is 6.79. The lowest BCUT2D eigenvalue weighted by Gasteiger charge is -2.22. The quantitative estimate of drug-likeness (QED) is 0.645. The number of carbonyl (C=O) groups excluding carboxylic acids is 2. The Balaban J connectivity index is 0.00000242. The van der Waals surface area contributed by atoms with Gasteiger partial charge in [-0.25, -0.2) is 0 Å². The van der Waals surface area contributed by atoms with Gasteiger partial charge in [-0.2, -0.15) is 0 Å². The lowest BCUT2D eigenvalue weighted by molar-refractivity contribution is -0.125. The zero-order valence-corrected chi connectivity index (χ0v) is 14.3. The number of morpholine rings is 1. The summed E-state index contributed by atoms with van der Waals surface area (Å²) < 4.78 is 6.14. The number of nitrogens with one attached hydrogen (secondary N) is 3. The molecule has 0 spiro atoms. The van der Waals surface area contributed by atoms with Crippen LogP contribution in [0.1, 0.15) is 10.4 Å². The minimum atomic E-state index is -0.305. The van der Waals surface area contributed by atoms with E-state index in [1.54, 1.807) is 12.1 Å². The lowest BCUT2D eigenvalue weighted by Crippen LogP contribution is -2.52. The third kappa shape index (κ3) is 5.92. The number of benzene rings is 1. The second-order valence-corrected chi connectivity index (χ2v) is 5.55. The van der Waals surface area contributed by atoms with Gasteiger partial charge >= 0.3 is 0 Å². The molecule has 0 saturated carbocycles. The molecular weight excluding hydrogens is 374 g/mol. The number of rotatable bonds is 5. The van der Waals surface area contributed by atoms with Crippen LogP contribution in [0.15, 0.2) is 28.7 Å². The minimum Gasteiger partial charge on any atom is -0.378 e. The summed E-state index contributed by atoms with van der Waals surface area (Å²) in [5, 5.41) is 8.59. The van der Waals surface area contributed by atoms with E-state index in [0.717, 1.165) is 4.47 Å². The Morgan fingerprint density at radius 1 is 1.23 bits per heavy atom. The molecule has 0 aliphatic carbocycles. The van der Waals surface area contributed by atoms with Gasteiger partial charge in [-0.3, -0.25) is 9.59 Å². The fourth-order valence-corrected chi connectivity index (χ4v) is 2.19. The smallest absolute Gasteiger partial charge is 0.251 e. The van der Waals surface area contributed by atoms with Crippen LogP contribution in [0.4, 0.5) is 0 Å². The van der Waals surface area contributed by atoms with Gasteiger partial charge in [0.15, 0.2) is 0 Å². The number of amides is 2. The summed E-state index contributed by atoms with van der Waals surface area (Å²) >= 11 is 3.32. The summed E-state index contributed by atoms with van der Waals surface area (Å²) in [4.78, 5) is 23.6. The molecule has 8 heteroatoms. The Hall–Kier alpha value is -1.15. The van der Waals surface area contributed by atoms with Crippen molar-refractivity contribution >= 4 is 40.2 Å². The predicted molar refractivity (Wildman–Crippen MR) is 89.3 cm³/mol. The second kappa shape index (κ2) is 9.78. The minimum absolute atomic E-state index is 0. The summed E-state index contributed by atoms with van der Waals surface area (Å²) in [6, 6.07) is 6.79. The summed E-state index contributed by atoms with van der Waals surface area (Å²) in [6.07, 6.45) is 0. The van der Waals surface area contributed by atoms with Crippen molar-refractivity contribution in [1.82, 2.24) is 16.0 Å². The average Bonchev–Trinajstić information content (AvgIpc) is 2.52. The number of ether oxygens (including phenoxy) is 1. The van der Waals surface area contributed by atoms with E-state index in [-0.39, 0.29) is 30.3 Å². The summed E-state index contributed by atoms with van der Waals surface area (Å²) in [7, 11) is 0. The third-order valence-corrected chi connectivity index (χ3v) is 3.58. The maximum atomic E-state index is 11.8. The van der Waals surface area contributed by atoms with Crippen LogP contribution < -0.4 is 16.0 Å². The lowest BCUT2D eigenvalue weighted by atomic mass is 10.2. The van der Waals surface area contributed by atoms with Gasteiger partial charge in [0.05, 0.1) is 13.2 Å². The van der Waals surface area contributed by atoms with Crippen molar-refractivity contribution in [2.45, 2.75) is 6.04 Å². The van der Waals surface area contributed by atoms with E-state index in [4.69, 9.17) is 4.74 Å². The molecule has 1 aliphatic heterocycles. The highest BCUT2D eigenvalue weighted by molar-refractivity contribution is 9.10. The molecule has 2 rings (SSSR count). The van der Waals surface area contributed by atoms with Crippen LogP contribution in [-0.2, 0) is 9.53 Å². The maximum absolute atomic E-state index is 11.8. The normalized spacial score (nSPS) is 17.2. The van der Waals surface area contributed by atoms with Crippen LogP contribution in [-0.4, -0.2) is 50.7 Å². The highest BCUT2D eigenvalue weighted by Gasteiger charge is 2.20. The Morgan fingerprint density at radius 3 is 2.55 bits per heavy atom. The number of hydrogen-bond donors (Lipinski definition) is 3. The number of hydrogen-bond acceptors (Lipinski definition) is 4. The molecule has 0 radical (unpaired) electrons. The van der Waals surface area contributed by atoms with E-state index in [1.165, 1.54) is 0 Å². The molecule has 122 valence electrons. The fraction of sp³-hybridized carbons (Fsp3) is 0.429. The van der Waals surface area contributed by atoms with Crippen LogP contribution in [0.2, 0.25) is 0 Å². The molecule has 0 bridgehead atoms. The molecule has 0 aromatic heterocycles. The fourth-order valence-electron chi connectivity index (χ4n) is 1.92. The van der Waals surface area contributed by atoms with Crippen molar-refractivity contribution in [3.05, 3.63) is 34.3 Å². The molecule has 6 nitrogen and oxygen atoms in total. The van der Waals surface area contributed by atoms with Gasteiger partial charge in [0, 0.05) is 29.7 Å². The van der Waals surface area contributed by atoms with Gasteiger partial charge < -0.3 is 20.7 Å². The Morgan fingerprint density at radius 2 is 1.91 bits per heavy atom. The first kappa shape index (κ1) is 18.9. The van der Waals surface area contributed by atoms with E-state index in [2.05, 4.69) is 31.9 Å². The molecule has 1 fully saturated rings. The molecule has 1 saturated heterocycles. The monoisotopic (exact) mass is 391 g/mol. The summed E-state index contributed by atoms with van der Waals surface area (Å²) in [6.45, 7) is 2.47. The van der Waals surface area contributed by atoms with E-state index < -0.39 is 0 Å². The number of carbonyl (C=O) groups is 2. The average molecular weight is 393 g/mol. The van der Waals surface area contributed by atoms with Crippen LogP contribution in [0.25, 0.3) is 0 Å². The topological polar surface area (TPSA) is 79.5 Å². The SMILES string of the molecule is Cl.O=C(NCCNC(=O)C1COCCN1)c1ccc(Br)cc1. The van der Waals surface area contributed by atoms with Gasteiger partial charge in [-0.05, 0) is 24.3 Å². The van der Waals surface area contributed by atoms with Gasteiger partial charge in [0.2, 0.25) is 5.91 Å². The van der Waals surface area contributed by atoms with Crippen molar-refractivity contribution in [2.75, 3.05) is 32.8 Å². The molecule has 2 amide bonds. The molecule has 1 atom stereocenters. The van der Waals surface area contributed by atoms with Gasteiger partial charge in [-0.1, -0.05) is 15.9 Å². The molecule has 1 unspecified atom stereocenters. The van der Waals surface area contributed by atoms with Crippen molar-refractivity contribution < 1.29 is 14.3 Å². The van der Waals surface area contributed by atoms with Crippen LogP contribution in [0.5, 0.6) is 0 Å². The number of halogens is 2. The summed E-state index contributed by atoms with van der Waals surface area (Å²) in [5.41, 5.74) is 0.590. The molecule has 1 heterocycles. The molecule has 3 N–H and O–H groups in total. The van der Waals surface area contributed by atoms with Gasteiger partial charge in [0.25, 0.3) is 5.91 Å². The van der Waals surface area contributed by atoms with Gasteiger partial charge in [-0.15, -0.1) is 12.4 Å². The van der Waals surface area contributed by atoms with Crippen molar-refractivity contribution in [1.29, 1.82) is 0 Å². The van der Waals surface area contributed by atoms with Crippen molar-refractivity contribution in [3.8, 4) is 0 Å². The first-order valence-corrected chi connectivity index (χ1v) is 7.59. The van der Waals surface area contributed by atoms with Crippen LogP contribution in [0.3, 0.4) is 0 Å². The van der Waals surface area contributed by atoms with E-state index in [0.29, 0.717) is 38.4 Å². The molecule has 1 aliphatic rings. The maximum Gasteiger partial charge on any atom is 0.251 e. The largest absolute Gasteiger partial charge is 0.378 e. The Kier molecular flexibility index (Phi) is 8.40. The van der Waals surface area contributed by atoms with Crippen LogP contribution in [0, 0.1) is 0 Å². The van der Waals surface area contributed by atoms with E-state index in [1.807, 2.05) is 12.1 Å². The molecule has 1 aromatic carbocycles. The third-order valence-electron chi connectivity index (χ3n) is 3.05. The highest BCUT2D eigenvalue weighted by atomic mass is 79.9.